The van der Waals surface area contributed by atoms with Crippen molar-refractivity contribution in [3.8, 4) is 0 Å². The van der Waals surface area contributed by atoms with Crippen LogP contribution in [0.3, 0.4) is 0 Å². The van der Waals surface area contributed by atoms with E-state index in [1.807, 2.05) is 31.2 Å². The molecule has 1 amide bonds. The fourth-order valence-corrected chi connectivity index (χ4v) is 1.63. The number of hydrogen-bond acceptors (Lipinski definition) is 1. The highest BCUT2D eigenvalue weighted by Gasteiger charge is 2.06. The molecule has 0 aromatic heterocycles. The van der Waals surface area contributed by atoms with E-state index in [2.05, 4.69) is 12.2 Å². The highest BCUT2D eigenvalue weighted by molar-refractivity contribution is 6.31. The van der Waals surface area contributed by atoms with Crippen LogP contribution in [0.4, 0.5) is 0 Å². The zero-order valence-electron chi connectivity index (χ0n) is 9.79. The van der Waals surface area contributed by atoms with E-state index in [9.17, 15) is 4.79 Å². The molecule has 0 radical (unpaired) electrons. The van der Waals surface area contributed by atoms with Crippen molar-refractivity contribution in [2.45, 2.75) is 39.2 Å². The molecule has 0 spiro atoms. The van der Waals surface area contributed by atoms with Crippen LogP contribution in [0, 0.1) is 0 Å². The number of halogens is 1. The molecule has 2 nitrogen and oxygen atoms in total. The summed E-state index contributed by atoms with van der Waals surface area (Å²) in [5.41, 5.74) is 1.03. The Hall–Kier alpha value is -1.02. The van der Waals surface area contributed by atoms with Gasteiger partial charge >= 0.3 is 0 Å². The Balaban J connectivity index is 2.40. The van der Waals surface area contributed by atoms with Gasteiger partial charge in [-0.05, 0) is 31.4 Å². The van der Waals surface area contributed by atoms with Gasteiger partial charge in [0.1, 0.15) is 0 Å². The molecule has 16 heavy (non-hydrogen) atoms. The van der Waals surface area contributed by atoms with Crippen molar-refractivity contribution in [1.29, 1.82) is 0 Å². The molecule has 1 rings (SSSR count). The molecule has 88 valence electrons. The predicted octanol–water partition coefficient (Wildman–Crippen LogP) is 3.19. The number of nitrogens with one attached hydrogen (secondary N) is 1. The van der Waals surface area contributed by atoms with E-state index in [4.69, 9.17) is 11.6 Å². The lowest BCUT2D eigenvalue weighted by Gasteiger charge is -2.11. The second-order valence-electron chi connectivity index (χ2n) is 3.97. The maximum Gasteiger partial charge on any atom is 0.220 e. The first kappa shape index (κ1) is 13.0. The fourth-order valence-electron chi connectivity index (χ4n) is 1.40. The maximum atomic E-state index is 11.5. The highest BCUT2D eigenvalue weighted by atomic mass is 35.5. The van der Waals surface area contributed by atoms with E-state index in [0.29, 0.717) is 12.8 Å². The number of benzene rings is 1. The molecule has 3 heteroatoms. The largest absolute Gasteiger partial charge is 0.354 e. The first-order valence-corrected chi connectivity index (χ1v) is 6.04. The number of rotatable bonds is 5. The molecule has 0 aliphatic heterocycles. The minimum absolute atomic E-state index is 0.0919. The van der Waals surface area contributed by atoms with Gasteiger partial charge in [0, 0.05) is 17.5 Å². The van der Waals surface area contributed by atoms with Crippen LogP contribution >= 0.6 is 11.6 Å². The van der Waals surface area contributed by atoms with E-state index in [0.717, 1.165) is 17.0 Å². The summed E-state index contributed by atoms with van der Waals surface area (Å²) in [5, 5.41) is 3.67. The van der Waals surface area contributed by atoms with Gasteiger partial charge < -0.3 is 5.32 Å². The lowest BCUT2D eigenvalue weighted by atomic mass is 10.1. The van der Waals surface area contributed by atoms with Gasteiger partial charge in [-0.25, -0.2) is 0 Å². The first-order chi connectivity index (χ1) is 7.63. The van der Waals surface area contributed by atoms with Gasteiger partial charge in [-0.2, -0.15) is 0 Å². The molecule has 0 aliphatic carbocycles. The summed E-state index contributed by atoms with van der Waals surface area (Å²) in [6.07, 6.45) is 2.15. The van der Waals surface area contributed by atoms with Gasteiger partial charge in [0.05, 0.1) is 0 Å². The summed E-state index contributed by atoms with van der Waals surface area (Å²) >= 11 is 6.01. The summed E-state index contributed by atoms with van der Waals surface area (Å²) in [6.45, 7) is 4.06. The topological polar surface area (TPSA) is 29.1 Å². The van der Waals surface area contributed by atoms with E-state index >= 15 is 0 Å². The van der Waals surface area contributed by atoms with Crippen LogP contribution in [0.2, 0.25) is 5.02 Å². The Morgan fingerprint density at radius 1 is 1.44 bits per heavy atom. The number of hydrogen-bond donors (Lipinski definition) is 1. The highest BCUT2D eigenvalue weighted by Crippen LogP contribution is 2.16. The monoisotopic (exact) mass is 239 g/mol. The van der Waals surface area contributed by atoms with Crippen LogP contribution in [-0.2, 0) is 11.2 Å². The lowest BCUT2D eigenvalue weighted by molar-refractivity contribution is -0.121. The zero-order chi connectivity index (χ0) is 12.0. The third kappa shape index (κ3) is 4.23. The van der Waals surface area contributed by atoms with Crippen molar-refractivity contribution in [1.82, 2.24) is 5.32 Å². The van der Waals surface area contributed by atoms with E-state index in [1.165, 1.54) is 0 Å². The third-order valence-corrected chi connectivity index (χ3v) is 2.97. The number of carbonyl (C=O) groups excluding carboxylic acids is 1. The van der Waals surface area contributed by atoms with Gasteiger partial charge in [0.2, 0.25) is 5.91 Å². The number of amides is 1. The Morgan fingerprint density at radius 3 is 2.75 bits per heavy atom. The summed E-state index contributed by atoms with van der Waals surface area (Å²) in [6, 6.07) is 7.89. The van der Waals surface area contributed by atoms with Crippen molar-refractivity contribution in [3.05, 3.63) is 34.9 Å². The Labute approximate surface area is 102 Å². The van der Waals surface area contributed by atoms with Gasteiger partial charge in [0.25, 0.3) is 0 Å². The van der Waals surface area contributed by atoms with Crippen molar-refractivity contribution >= 4 is 17.5 Å². The fraction of sp³-hybridized carbons (Fsp3) is 0.462. The Morgan fingerprint density at radius 2 is 2.12 bits per heavy atom. The zero-order valence-corrected chi connectivity index (χ0v) is 10.6. The minimum atomic E-state index is 0.0919. The first-order valence-electron chi connectivity index (χ1n) is 5.66. The molecule has 0 saturated heterocycles. The molecule has 1 aromatic carbocycles. The van der Waals surface area contributed by atoms with Gasteiger partial charge in [-0.15, -0.1) is 0 Å². The summed E-state index contributed by atoms with van der Waals surface area (Å²) in [4.78, 5) is 11.5. The smallest absolute Gasteiger partial charge is 0.220 e. The van der Waals surface area contributed by atoms with Crippen LogP contribution < -0.4 is 5.32 Å². The van der Waals surface area contributed by atoms with Crippen LogP contribution in [0.25, 0.3) is 0 Å². The van der Waals surface area contributed by atoms with Crippen molar-refractivity contribution < 1.29 is 4.79 Å². The standard InChI is InChI=1S/C13H18ClNO/c1-3-10(2)15-13(16)9-8-11-6-4-5-7-12(11)14/h4-7,10H,3,8-9H2,1-2H3,(H,15,16)/t10-/m1/s1. The second kappa shape index (κ2) is 6.54. The Bertz CT molecular complexity index is 352. The molecule has 1 aromatic rings. The molecule has 0 bridgehead atoms. The van der Waals surface area contributed by atoms with Crippen molar-refractivity contribution in [2.75, 3.05) is 0 Å². The second-order valence-corrected chi connectivity index (χ2v) is 4.38. The average molecular weight is 240 g/mol. The molecule has 0 unspecified atom stereocenters. The molecule has 1 N–H and O–H groups in total. The normalized spacial score (nSPS) is 12.2. The third-order valence-electron chi connectivity index (χ3n) is 2.60. The molecule has 0 fully saturated rings. The minimum Gasteiger partial charge on any atom is -0.354 e. The van der Waals surface area contributed by atoms with Gasteiger partial charge in [-0.1, -0.05) is 36.7 Å². The summed E-state index contributed by atoms with van der Waals surface area (Å²) < 4.78 is 0. The molecular weight excluding hydrogens is 222 g/mol. The molecule has 0 saturated carbocycles. The molecule has 0 aliphatic rings. The van der Waals surface area contributed by atoms with Crippen LogP contribution in [-0.4, -0.2) is 11.9 Å². The maximum absolute atomic E-state index is 11.5. The number of aryl methyl sites for hydroxylation is 1. The summed E-state index contributed by atoms with van der Waals surface area (Å²) in [5.74, 6) is 0.0919. The van der Waals surface area contributed by atoms with Crippen LogP contribution in [0.5, 0.6) is 0 Å². The Kier molecular flexibility index (Phi) is 5.33. The molecule has 0 heterocycles. The summed E-state index contributed by atoms with van der Waals surface area (Å²) in [7, 11) is 0. The lowest BCUT2D eigenvalue weighted by Crippen LogP contribution is -2.32. The van der Waals surface area contributed by atoms with Crippen LogP contribution in [0.1, 0.15) is 32.3 Å². The SMILES string of the molecule is CC[C@@H](C)NC(=O)CCc1ccccc1Cl. The molecule has 1 atom stereocenters. The quantitative estimate of drug-likeness (QED) is 0.840. The molecular formula is C13H18ClNO. The predicted molar refractivity (Wildman–Crippen MR) is 67.7 cm³/mol. The average Bonchev–Trinajstić information content (AvgIpc) is 2.28. The van der Waals surface area contributed by atoms with Crippen LogP contribution in [0.15, 0.2) is 24.3 Å². The van der Waals surface area contributed by atoms with Crippen molar-refractivity contribution in [2.24, 2.45) is 0 Å². The number of carbonyl (C=O) groups is 1. The van der Waals surface area contributed by atoms with E-state index < -0.39 is 0 Å². The van der Waals surface area contributed by atoms with E-state index in [1.54, 1.807) is 0 Å². The van der Waals surface area contributed by atoms with Crippen molar-refractivity contribution in [3.63, 3.8) is 0 Å². The van der Waals surface area contributed by atoms with Gasteiger partial charge in [-0.3, -0.25) is 4.79 Å². The van der Waals surface area contributed by atoms with Gasteiger partial charge in [0.15, 0.2) is 0 Å². The van der Waals surface area contributed by atoms with E-state index in [-0.39, 0.29) is 11.9 Å².